The maximum atomic E-state index is 6.00. The second-order valence-corrected chi connectivity index (χ2v) is 4.01. The molecule has 2 N–H and O–H groups in total. The zero-order valence-corrected chi connectivity index (χ0v) is 12.3. The first-order valence-electron chi connectivity index (χ1n) is 6.35. The summed E-state index contributed by atoms with van der Waals surface area (Å²) in [4.78, 5) is 0. The summed E-state index contributed by atoms with van der Waals surface area (Å²) in [6.45, 7) is 7.40. The number of benzene rings is 1. The Bertz CT molecular complexity index is 345. The van der Waals surface area contributed by atoms with Crippen molar-refractivity contribution in [3.8, 4) is 11.5 Å². The number of halogens is 1. The summed E-state index contributed by atoms with van der Waals surface area (Å²) in [5, 5.41) is 0. The minimum Gasteiger partial charge on any atom is -0.494 e. The molecule has 0 radical (unpaired) electrons. The van der Waals surface area contributed by atoms with Gasteiger partial charge in [0.25, 0.3) is 0 Å². The molecule has 0 fully saturated rings. The fourth-order valence-corrected chi connectivity index (χ4v) is 1.69. The standard InChI is InChI=1S/C14H23NO2.ClH/c1-4-12(15)9-11-10-13(16-5-2)7-8-14(11)17-6-3;/h7-8,10,12H,4-6,9,15H2,1-3H3;1H. The molecule has 0 spiro atoms. The third-order valence-corrected chi connectivity index (χ3v) is 2.65. The van der Waals surface area contributed by atoms with Crippen LogP contribution in [0, 0.1) is 0 Å². The Balaban J connectivity index is 0.00000289. The highest BCUT2D eigenvalue weighted by Gasteiger charge is 2.09. The molecule has 0 aromatic heterocycles. The van der Waals surface area contributed by atoms with E-state index < -0.39 is 0 Å². The number of hydrogen-bond donors (Lipinski definition) is 1. The Morgan fingerprint density at radius 1 is 1.11 bits per heavy atom. The van der Waals surface area contributed by atoms with Gasteiger partial charge in [-0.25, -0.2) is 0 Å². The van der Waals surface area contributed by atoms with Crippen molar-refractivity contribution in [3.05, 3.63) is 23.8 Å². The van der Waals surface area contributed by atoms with Crippen LogP contribution in [0.4, 0.5) is 0 Å². The lowest BCUT2D eigenvalue weighted by Crippen LogP contribution is -2.21. The Labute approximate surface area is 116 Å². The van der Waals surface area contributed by atoms with E-state index in [2.05, 4.69) is 6.92 Å². The van der Waals surface area contributed by atoms with Crippen LogP contribution >= 0.6 is 12.4 Å². The van der Waals surface area contributed by atoms with E-state index in [9.17, 15) is 0 Å². The zero-order valence-electron chi connectivity index (χ0n) is 11.4. The summed E-state index contributed by atoms with van der Waals surface area (Å²) in [5.74, 6) is 1.80. The number of rotatable bonds is 7. The molecule has 4 heteroatoms. The van der Waals surface area contributed by atoms with Gasteiger partial charge in [-0.3, -0.25) is 0 Å². The topological polar surface area (TPSA) is 44.5 Å². The molecule has 1 aromatic rings. The fraction of sp³-hybridized carbons (Fsp3) is 0.571. The molecule has 104 valence electrons. The Kier molecular flexibility index (Phi) is 8.59. The van der Waals surface area contributed by atoms with Gasteiger partial charge in [0.15, 0.2) is 0 Å². The van der Waals surface area contributed by atoms with Crippen molar-refractivity contribution in [1.29, 1.82) is 0 Å². The molecule has 0 saturated heterocycles. The van der Waals surface area contributed by atoms with E-state index in [0.29, 0.717) is 13.2 Å². The van der Waals surface area contributed by atoms with E-state index in [1.165, 1.54) is 0 Å². The van der Waals surface area contributed by atoms with Gasteiger partial charge in [-0.05, 0) is 50.5 Å². The van der Waals surface area contributed by atoms with E-state index in [1.54, 1.807) is 0 Å². The van der Waals surface area contributed by atoms with Crippen molar-refractivity contribution in [3.63, 3.8) is 0 Å². The minimum absolute atomic E-state index is 0. The average molecular weight is 274 g/mol. The molecule has 0 bridgehead atoms. The highest BCUT2D eigenvalue weighted by molar-refractivity contribution is 5.85. The zero-order chi connectivity index (χ0) is 12.7. The smallest absolute Gasteiger partial charge is 0.122 e. The van der Waals surface area contributed by atoms with Gasteiger partial charge in [-0.2, -0.15) is 0 Å². The number of ether oxygens (including phenoxy) is 2. The first-order chi connectivity index (χ1) is 8.21. The molecule has 0 aliphatic carbocycles. The van der Waals surface area contributed by atoms with Crippen LogP contribution in [0.2, 0.25) is 0 Å². The molecular formula is C14H24ClNO2. The molecule has 1 aromatic carbocycles. The highest BCUT2D eigenvalue weighted by Crippen LogP contribution is 2.25. The van der Waals surface area contributed by atoms with Gasteiger partial charge in [0.05, 0.1) is 13.2 Å². The van der Waals surface area contributed by atoms with Gasteiger partial charge in [0.2, 0.25) is 0 Å². The van der Waals surface area contributed by atoms with Crippen LogP contribution in [-0.4, -0.2) is 19.3 Å². The molecule has 0 aliphatic heterocycles. The van der Waals surface area contributed by atoms with Crippen molar-refractivity contribution in [2.24, 2.45) is 5.73 Å². The van der Waals surface area contributed by atoms with Crippen LogP contribution in [-0.2, 0) is 6.42 Å². The predicted octanol–water partition coefficient (Wildman–Crippen LogP) is 3.19. The molecule has 0 amide bonds. The highest BCUT2D eigenvalue weighted by atomic mass is 35.5. The van der Waals surface area contributed by atoms with E-state index in [1.807, 2.05) is 32.0 Å². The maximum absolute atomic E-state index is 6.00. The Hall–Kier alpha value is -0.930. The van der Waals surface area contributed by atoms with Crippen molar-refractivity contribution in [2.75, 3.05) is 13.2 Å². The second-order valence-electron chi connectivity index (χ2n) is 4.01. The van der Waals surface area contributed by atoms with Gasteiger partial charge in [0.1, 0.15) is 11.5 Å². The molecule has 0 saturated carbocycles. The second kappa shape index (κ2) is 9.06. The molecule has 3 nitrogen and oxygen atoms in total. The normalized spacial score (nSPS) is 11.6. The summed E-state index contributed by atoms with van der Waals surface area (Å²) >= 11 is 0. The first-order valence-corrected chi connectivity index (χ1v) is 6.35. The molecule has 1 rings (SSSR count). The van der Waals surface area contributed by atoms with E-state index >= 15 is 0 Å². The van der Waals surface area contributed by atoms with Gasteiger partial charge >= 0.3 is 0 Å². The van der Waals surface area contributed by atoms with E-state index in [0.717, 1.165) is 29.9 Å². The third-order valence-electron chi connectivity index (χ3n) is 2.65. The summed E-state index contributed by atoms with van der Waals surface area (Å²) in [6, 6.07) is 6.11. The lowest BCUT2D eigenvalue weighted by Gasteiger charge is -2.15. The summed E-state index contributed by atoms with van der Waals surface area (Å²) in [5.41, 5.74) is 7.13. The molecule has 1 atom stereocenters. The van der Waals surface area contributed by atoms with Crippen LogP contribution in [0.3, 0.4) is 0 Å². The Morgan fingerprint density at radius 3 is 2.33 bits per heavy atom. The lowest BCUT2D eigenvalue weighted by atomic mass is 10.0. The summed E-state index contributed by atoms with van der Waals surface area (Å²) < 4.78 is 11.1. The van der Waals surface area contributed by atoms with E-state index in [-0.39, 0.29) is 18.4 Å². The van der Waals surface area contributed by atoms with Crippen molar-refractivity contribution in [2.45, 2.75) is 39.7 Å². The van der Waals surface area contributed by atoms with E-state index in [4.69, 9.17) is 15.2 Å². The number of hydrogen-bond acceptors (Lipinski definition) is 3. The maximum Gasteiger partial charge on any atom is 0.122 e. The van der Waals surface area contributed by atoms with Gasteiger partial charge in [-0.15, -0.1) is 12.4 Å². The third kappa shape index (κ3) is 5.15. The first kappa shape index (κ1) is 17.1. The monoisotopic (exact) mass is 273 g/mol. The van der Waals surface area contributed by atoms with Crippen LogP contribution in [0.15, 0.2) is 18.2 Å². The average Bonchev–Trinajstić information content (AvgIpc) is 2.33. The fourth-order valence-electron chi connectivity index (χ4n) is 1.69. The van der Waals surface area contributed by atoms with Crippen LogP contribution in [0.25, 0.3) is 0 Å². The van der Waals surface area contributed by atoms with Crippen molar-refractivity contribution in [1.82, 2.24) is 0 Å². The largest absolute Gasteiger partial charge is 0.494 e. The molecule has 0 aliphatic rings. The van der Waals surface area contributed by atoms with Crippen LogP contribution < -0.4 is 15.2 Å². The quantitative estimate of drug-likeness (QED) is 0.830. The molecule has 1 unspecified atom stereocenters. The minimum atomic E-state index is 0. The van der Waals surface area contributed by atoms with Crippen LogP contribution in [0.5, 0.6) is 11.5 Å². The number of nitrogens with two attached hydrogens (primary N) is 1. The van der Waals surface area contributed by atoms with Crippen LogP contribution in [0.1, 0.15) is 32.8 Å². The SMILES string of the molecule is CCOc1ccc(OCC)c(CC(N)CC)c1.Cl. The lowest BCUT2D eigenvalue weighted by molar-refractivity contribution is 0.326. The summed E-state index contributed by atoms with van der Waals surface area (Å²) in [7, 11) is 0. The Morgan fingerprint density at radius 2 is 1.78 bits per heavy atom. The van der Waals surface area contributed by atoms with Crippen molar-refractivity contribution < 1.29 is 9.47 Å². The molecular weight excluding hydrogens is 250 g/mol. The predicted molar refractivity (Wildman–Crippen MR) is 78.0 cm³/mol. The van der Waals surface area contributed by atoms with Gasteiger partial charge < -0.3 is 15.2 Å². The summed E-state index contributed by atoms with van der Waals surface area (Å²) in [6.07, 6.45) is 1.79. The van der Waals surface area contributed by atoms with Gasteiger partial charge in [-0.1, -0.05) is 6.92 Å². The molecule has 18 heavy (non-hydrogen) atoms. The van der Waals surface area contributed by atoms with Gasteiger partial charge in [0, 0.05) is 6.04 Å². The van der Waals surface area contributed by atoms with Crippen molar-refractivity contribution >= 4 is 12.4 Å². The molecule has 0 heterocycles.